The fraction of sp³-hybridized carbons (Fsp3) is 0.429. The minimum absolute atomic E-state index is 0. The first kappa shape index (κ1) is 22.5. The van der Waals surface area contributed by atoms with Crippen LogP contribution in [0.3, 0.4) is 0 Å². The number of nitrogens with one attached hydrogen (secondary N) is 1. The molecule has 3 N–H and O–H groups in total. The summed E-state index contributed by atoms with van der Waals surface area (Å²) in [6.45, 7) is 2.63. The summed E-state index contributed by atoms with van der Waals surface area (Å²) >= 11 is 5.49. The second kappa shape index (κ2) is 8.04. The number of amides is 2. The van der Waals surface area contributed by atoms with E-state index in [4.69, 9.17) is 17.3 Å². The summed E-state index contributed by atoms with van der Waals surface area (Å²) in [4.78, 5) is 24.8. The molecule has 0 saturated heterocycles. The van der Waals surface area contributed by atoms with Gasteiger partial charge in [-0.3, -0.25) is 9.59 Å². The number of nitrogens with zero attached hydrogens (tertiary/aromatic N) is 1. The maximum Gasteiger partial charge on any atom is 0.417 e. The van der Waals surface area contributed by atoms with Crippen LogP contribution in [-0.2, 0) is 15.8 Å². The van der Waals surface area contributed by atoms with Crippen molar-refractivity contribution >= 4 is 41.5 Å². The molecule has 1 rings (SSSR count). The number of alkyl halides is 3. The average molecular weight is 388 g/mol. The summed E-state index contributed by atoms with van der Waals surface area (Å²) in [7, 11) is 1.37. The van der Waals surface area contributed by atoms with Crippen molar-refractivity contribution in [3.63, 3.8) is 0 Å². The van der Waals surface area contributed by atoms with E-state index in [1.807, 2.05) is 0 Å². The normalized spacial score (nSPS) is 11.5. The lowest BCUT2D eigenvalue weighted by Crippen LogP contribution is -2.51. The van der Waals surface area contributed by atoms with E-state index in [9.17, 15) is 22.8 Å². The van der Waals surface area contributed by atoms with Crippen molar-refractivity contribution < 1.29 is 22.8 Å². The van der Waals surface area contributed by atoms with Gasteiger partial charge in [-0.05, 0) is 32.0 Å². The molecule has 2 amide bonds. The number of rotatable bonds is 4. The van der Waals surface area contributed by atoms with E-state index in [2.05, 4.69) is 5.32 Å². The Morgan fingerprint density at radius 2 is 1.83 bits per heavy atom. The summed E-state index contributed by atoms with van der Waals surface area (Å²) in [5, 5.41) is 1.82. The van der Waals surface area contributed by atoms with Gasteiger partial charge in [-0.1, -0.05) is 11.6 Å². The highest BCUT2D eigenvalue weighted by atomic mass is 35.5. The van der Waals surface area contributed by atoms with Gasteiger partial charge in [-0.15, -0.1) is 12.4 Å². The Balaban J connectivity index is 0.00000529. The number of nitrogens with two attached hydrogens (primary N) is 1. The Kier molecular flexibility index (Phi) is 7.54. The van der Waals surface area contributed by atoms with Crippen molar-refractivity contribution in [2.24, 2.45) is 5.73 Å². The quantitative estimate of drug-likeness (QED) is 0.833. The molecule has 0 radical (unpaired) electrons. The largest absolute Gasteiger partial charge is 0.417 e. The Morgan fingerprint density at radius 1 is 1.29 bits per heavy atom. The summed E-state index contributed by atoms with van der Waals surface area (Å²) in [5.41, 5.74) is 3.35. The minimum atomic E-state index is -4.63. The number of halogens is 5. The smallest absolute Gasteiger partial charge is 0.335 e. The van der Waals surface area contributed by atoms with E-state index < -0.39 is 34.1 Å². The third kappa shape index (κ3) is 6.18. The van der Waals surface area contributed by atoms with E-state index in [0.717, 1.165) is 17.0 Å². The highest BCUT2D eigenvalue weighted by molar-refractivity contribution is 6.31. The van der Waals surface area contributed by atoms with E-state index in [0.29, 0.717) is 0 Å². The van der Waals surface area contributed by atoms with Crippen molar-refractivity contribution in [1.82, 2.24) is 4.90 Å². The maximum atomic E-state index is 12.7. The van der Waals surface area contributed by atoms with Crippen LogP contribution in [0.25, 0.3) is 0 Å². The Hall–Kier alpha value is -1.51. The standard InChI is InChI=1S/C14H17ClF3N3O2.ClH/c1-13(2,19)12(23)21(3)7-11(22)20-8-4-5-10(15)9(6-8)14(16,17)18;/h4-6H,7,19H2,1-3H3,(H,20,22);1H. The monoisotopic (exact) mass is 387 g/mol. The minimum Gasteiger partial charge on any atom is -0.335 e. The van der Waals surface area contributed by atoms with Gasteiger partial charge in [0.2, 0.25) is 11.8 Å². The van der Waals surface area contributed by atoms with E-state index in [-0.39, 0.29) is 24.6 Å². The summed E-state index contributed by atoms with van der Waals surface area (Å²) in [6, 6.07) is 3.01. The molecule has 0 aliphatic carbocycles. The predicted molar refractivity (Wildman–Crippen MR) is 88.2 cm³/mol. The van der Waals surface area contributed by atoms with Gasteiger partial charge < -0.3 is 16.0 Å². The number of hydrogen-bond acceptors (Lipinski definition) is 3. The van der Waals surface area contributed by atoms with Gasteiger partial charge in [0, 0.05) is 12.7 Å². The predicted octanol–water partition coefficient (Wildman–Crippen LogP) is 2.91. The highest BCUT2D eigenvalue weighted by Gasteiger charge is 2.33. The van der Waals surface area contributed by atoms with Crippen LogP contribution in [0.2, 0.25) is 5.02 Å². The third-order valence-corrected chi connectivity index (χ3v) is 3.16. The molecule has 0 aromatic heterocycles. The second-order valence-corrected chi connectivity index (χ2v) is 6.03. The van der Waals surface area contributed by atoms with Gasteiger partial charge >= 0.3 is 6.18 Å². The Morgan fingerprint density at radius 3 is 2.29 bits per heavy atom. The van der Waals surface area contributed by atoms with Gasteiger partial charge in [0.05, 0.1) is 22.7 Å². The van der Waals surface area contributed by atoms with E-state index in [1.165, 1.54) is 27.0 Å². The lowest BCUT2D eigenvalue weighted by atomic mass is 10.1. The van der Waals surface area contributed by atoms with Crippen LogP contribution >= 0.6 is 24.0 Å². The molecule has 0 heterocycles. The van der Waals surface area contributed by atoms with Crippen molar-refractivity contribution in [1.29, 1.82) is 0 Å². The molecule has 0 aliphatic heterocycles. The molecule has 0 atom stereocenters. The maximum absolute atomic E-state index is 12.7. The molecule has 0 bridgehead atoms. The number of anilines is 1. The van der Waals surface area contributed by atoms with Gasteiger partial charge in [0.1, 0.15) is 0 Å². The first-order chi connectivity index (χ1) is 10.3. The SMILES string of the molecule is CN(CC(=O)Nc1ccc(Cl)c(C(F)(F)F)c1)C(=O)C(C)(C)N.Cl. The molecule has 0 unspecified atom stereocenters. The number of carbonyl (C=O) groups is 2. The molecule has 0 spiro atoms. The molecule has 1 aromatic rings. The lowest BCUT2D eigenvalue weighted by molar-refractivity contribution is -0.137. The zero-order valence-corrected chi connectivity index (χ0v) is 14.8. The third-order valence-electron chi connectivity index (χ3n) is 2.83. The van der Waals surface area contributed by atoms with Crippen molar-refractivity contribution in [2.45, 2.75) is 25.6 Å². The average Bonchev–Trinajstić information content (AvgIpc) is 2.37. The summed E-state index contributed by atoms with van der Waals surface area (Å²) in [5.74, 6) is -1.12. The zero-order valence-electron chi connectivity index (χ0n) is 13.2. The number of likely N-dealkylation sites (N-methyl/N-ethyl adjacent to an activating group) is 1. The highest BCUT2D eigenvalue weighted by Crippen LogP contribution is 2.36. The van der Waals surface area contributed by atoms with Gasteiger partial charge in [0.25, 0.3) is 0 Å². The topological polar surface area (TPSA) is 75.4 Å². The van der Waals surface area contributed by atoms with Gasteiger partial charge in [-0.25, -0.2) is 0 Å². The molecule has 0 saturated carbocycles. The Labute approximate surface area is 148 Å². The molecule has 24 heavy (non-hydrogen) atoms. The molecular weight excluding hydrogens is 370 g/mol. The van der Waals surface area contributed by atoms with Crippen LogP contribution in [0.4, 0.5) is 18.9 Å². The van der Waals surface area contributed by atoms with Crippen molar-refractivity contribution in [2.75, 3.05) is 18.9 Å². The summed E-state index contributed by atoms with van der Waals surface area (Å²) < 4.78 is 38.2. The van der Waals surface area contributed by atoms with Crippen molar-refractivity contribution in [3.05, 3.63) is 28.8 Å². The molecule has 1 aromatic carbocycles. The molecule has 0 aliphatic rings. The zero-order chi connectivity index (χ0) is 18.0. The number of hydrogen-bond donors (Lipinski definition) is 2. The molecule has 10 heteroatoms. The fourth-order valence-electron chi connectivity index (χ4n) is 1.80. The number of carbonyl (C=O) groups excluding carboxylic acids is 2. The molecule has 5 nitrogen and oxygen atoms in total. The Bertz CT molecular complexity index is 616. The van der Waals surface area contributed by atoms with Crippen LogP contribution < -0.4 is 11.1 Å². The van der Waals surface area contributed by atoms with Crippen molar-refractivity contribution in [3.8, 4) is 0 Å². The molecule has 0 fully saturated rings. The lowest BCUT2D eigenvalue weighted by Gasteiger charge is -2.25. The molecular formula is C14H18Cl2F3N3O2. The summed E-state index contributed by atoms with van der Waals surface area (Å²) in [6.07, 6.45) is -4.63. The first-order valence-electron chi connectivity index (χ1n) is 6.53. The van der Waals surface area contributed by atoms with E-state index in [1.54, 1.807) is 0 Å². The van der Waals surface area contributed by atoms with Crippen LogP contribution in [-0.4, -0.2) is 35.8 Å². The van der Waals surface area contributed by atoms with E-state index >= 15 is 0 Å². The fourth-order valence-corrected chi connectivity index (χ4v) is 2.02. The van der Waals surface area contributed by atoms with Crippen LogP contribution in [0.1, 0.15) is 19.4 Å². The van der Waals surface area contributed by atoms with Crippen LogP contribution in [0.5, 0.6) is 0 Å². The van der Waals surface area contributed by atoms with Gasteiger partial charge in [0.15, 0.2) is 0 Å². The van der Waals surface area contributed by atoms with Crippen LogP contribution in [0, 0.1) is 0 Å². The second-order valence-electron chi connectivity index (χ2n) is 5.62. The van der Waals surface area contributed by atoms with Gasteiger partial charge in [-0.2, -0.15) is 13.2 Å². The first-order valence-corrected chi connectivity index (χ1v) is 6.91. The number of benzene rings is 1. The van der Waals surface area contributed by atoms with Crippen LogP contribution in [0.15, 0.2) is 18.2 Å². The molecule has 136 valence electrons.